The van der Waals surface area contributed by atoms with Gasteiger partial charge in [0, 0.05) is 13.5 Å². The topological polar surface area (TPSA) is 46.5 Å². The van der Waals surface area contributed by atoms with Crippen LogP contribution in [0.1, 0.15) is 51.9 Å². The van der Waals surface area contributed by atoms with Gasteiger partial charge in [0.1, 0.15) is 0 Å². The molecule has 0 saturated carbocycles. The molecule has 0 amide bonds. The number of carbonyl (C=O) groups is 1. The molecule has 0 aliphatic carbocycles. The van der Waals surface area contributed by atoms with Crippen LogP contribution >= 0.6 is 0 Å². The number of unbranched alkanes of at least 4 members (excludes halogenated alkanes) is 6. The monoisotopic (exact) mass is 202 g/mol. The van der Waals surface area contributed by atoms with E-state index in [2.05, 4.69) is 0 Å². The number of aliphatic hydroxyl groups excluding tert-OH is 1. The third-order valence-electron chi connectivity index (χ3n) is 2.11. The quantitative estimate of drug-likeness (QED) is 0.461. The van der Waals surface area contributed by atoms with Gasteiger partial charge in [-0.2, -0.15) is 0 Å². The number of carbonyl (C=O) groups excluding carboxylic acids is 1. The summed E-state index contributed by atoms with van der Waals surface area (Å²) in [6.45, 7) is 2.31. The van der Waals surface area contributed by atoms with Crippen LogP contribution in [0, 0.1) is 0 Å². The molecule has 0 unspecified atom stereocenters. The minimum Gasteiger partial charge on any atom is -0.466 e. The Morgan fingerprint density at radius 3 is 2.00 bits per heavy atom. The summed E-state index contributed by atoms with van der Waals surface area (Å²) in [5.74, 6) is -0.187. The first kappa shape index (κ1) is 13.4. The summed E-state index contributed by atoms with van der Waals surface area (Å²) >= 11 is 0. The maximum atomic E-state index is 10.4. The van der Waals surface area contributed by atoms with Crippen molar-refractivity contribution in [2.45, 2.75) is 51.9 Å². The molecule has 0 spiro atoms. The Bertz CT molecular complexity index is 134. The highest BCUT2D eigenvalue weighted by Crippen LogP contribution is 2.06. The summed E-state index contributed by atoms with van der Waals surface area (Å²) in [5.41, 5.74) is 0. The largest absolute Gasteiger partial charge is 0.466 e. The molecule has 0 aliphatic rings. The first-order valence-electron chi connectivity index (χ1n) is 5.51. The predicted octanol–water partition coefficient (Wildman–Crippen LogP) is 2.27. The number of aliphatic hydroxyl groups is 1. The lowest BCUT2D eigenvalue weighted by Crippen LogP contribution is -2.00. The number of ether oxygens (including phenoxy) is 1. The molecule has 3 nitrogen and oxygen atoms in total. The van der Waals surface area contributed by atoms with Crippen LogP contribution in [-0.4, -0.2) is 24.3 Å². The lowest BCUT2D eigenvalue weighted by Gasteiger charge is -2.02. The van der Waals surface area contributed by atoms with Gasteiger partial charge in [-0.05, 0) is 12.8 Å². The van der Waals surface area contributed by atoms with Crippen molar-refractivity contribution >= 4 is 5.97 Å². The van der Waals surface area contributed by atoms with Gasteiger partial charge in [0.25, 0.3) is 0 Å². The summed E-state index contributed by atoms with van der Waals surface area (Å²) in [5, 5.41) is 8.54. The molecule has 0 aromatic carbocycles. The van der Waals surface area contributed by atoms with Gasteiger partial charge < -0.3 is 9.84 Å². The van der Waals surface area contributed by atoms with Crippen molar-refractivity contribution in [2.24, 2.45) is 0 Å². The van der Waals surface area contributed by atoms with Crippen molar-refractivity contribution in [3.05, 3.63) is 0 Å². The predicted molar refractivity (Wildman–Crippen MR) is 56.0 cm³/mol. The van der Waals surface area contributed by atoms with Crippen molar-refractivity contribution in [1.29, 1.82) is 0 Å². The lowest BCUT2D eigenvalue weighted by atomic mass is 10.1. The highest BCUT2D eigenvalue weighted by atomic mass is 16.5. The first-order chi connectivity index (χ1) is 6.77. The van der Waals surface area contributed by atoms with Crippen LogP contribution in [0.15, 0.2) is 0 Å². The lowest BCUT2D eigenvalue weighted by molar-refractivity contribution is -0.141. The third kappa shape index (κ3) is 11.4. The number of hydrogen-bond donors (Lipinski definition) is 1. The maximum absolute atomic E-state index is 10.4. The van der Waals surface area contributed by atoms with Gasteiger partial charge in [0.05, 0.1) is 6.61 Å². The second-order valence-electron chi connectivity index (χ2n) is 3.54. The molecule has 0 aromatic rings. The SMILES string of the molecule is CC(=O)OCCCCCCCCCO. The van der Waals surface area contributed by atoms with Gasteiger partial charge in [-0.1, -0.05) is 32.1 Å². The molecule has 0 radical (unpaired) electrons. The van der Waals surface area contributed by atoms with Crippen molar-refractivity contribution in [3.8, 4) is 0 Å². The van der Waals surface area contributed by atoms with Crippen molar-refractivity contribution in [2.75, 3.05) is 13.2 Å². The Hall–Kier alpha value is -0.570. The van der Waals surface area contributed by atoms with E-state index >= 15 is 0 Å². The average Bonchev–Trinajstić information content (AvgIpc) is 2.15. The molecular formula is C11H22O3. The zero-order valence-electron chi connectivity index (χ0n) is 9.13. The van der Waals surface area contributed by atoms with Crippen LogP contribution in [0.2, 0.25) is 0 Å². The number of hydrogen-bond acceptors (Lipinski definition) is 3. The molecule has 0 bridgehead atoms. The maximum Gasteiger partial charge on any atom is 0.302 e. The molecule has 0 fully saturated rings. The summed E-state index contributed by atoms with van der Waals surface area (Å²) in [7, 11) is 0. The van der Waals surface area contributed by atoms with Crippen molar-refractivity contribution in [3.63, 3.8) is 0 Å². The Kier molecular flexibility index (Phi) is 10.1. The van der Waals surface area contributed by atoms with Crippen LogP contribution < -0.4 is 0 Å². The minimum atomic E-state index is -0.187. The summed E-state index contributed by atoms with van der Waals surface area (Å²) in [6, 6.07) is 0. The second kappa shape index (κ2) is 10.5. The Morgan fingerprint density at radius 2 is 1.50 bits per heavy atom. The molecule has 0 heterocycles. The van der Waals surface area contributed by atoms with E-state index in [1.165, 1.54) is 26.2 Å². The summed E-state index contributed by atoms with van der Waals surface area (Å²) < 4.78 is 4.81. The van der Waals surface area contributed by atoms with E-state index in [1.807, 2.05) is 0 Å². The highest BCUT2D eigenvalue weighted by molar-refractivity contribution is 5.65. The van der Waals surface area contributed by atoms with E-state index in [9.17, 15) is 4.79 Å². The number of rotatable bonds is 9. The average molecular weight is 202 g/mol. The minimum absolute atomic E-state index is 0.187. The second-order valence-corrected chi connectivity index (χ2v) is 3.54. The fourth-order valence-corrected chi connectivity index (χ4v) is 1.31. The zero-order valence-corrected chi connectivity index (χ0v) is 9.13. The molecule has 0 aromatic heterocycles. The van der Waals surface area contributed by atoms with Crippen LogP contribution in [0.4, 0.5) is 0 Å². The first-order valence-corrected chi connectivity index (χ1v) is 5.51. The van der Waals surface area contributed by atoms with Gasteiger partial charge >= 0.3 is 5.97 Å². The highest BCUT2D eigenvalue weighted by Gasteiger charge is 1.93. The van der Waals surface area contributed by atoms with Crippen molar-refractivity contribution < 1.29 is 14.6 Å². The normalized spacial score (nSPS) is 10.1. The van der Waals surface area contributed by atoms with Crippen LogP contribution in [0.5, 0.6) is 0 Å². The standard InChI is InChI=1S/C11H22O3/c1-11(13)14-10-8-6-4-2-3-5-7-9-12/h12H,2-10H2,1H3. The Labute approximate surface area is 86.5 Å². The van der Waals surface area contributed by atoms with Crippen LogP contribution in [0.3, 0.4) is 0 Å². The molecule has 3 heteroatoms. The molecule has 0 rings (SSSR count). The fourth-order valence-electron chi connectivity index (χ4n) is 1.31. The van der Waals surface area contributed by atoms with Crippen LogP contribution in [-0.2, 0) is 9.53 Å². The molecule has 0 atom stereocenters. The summed E-state index contributed by atoms with van der Waals surface area (Å²) in [6.07, 6.45) is 7.78. The smallest absolute Gasteiger partial charge is 0.302 e. The zero-order chi connectivity index (χ0) is 10.6. The van der Waals surface area contributed by atoms with E-state index < -0.39 is 0 Å². The fraction of sp³-hybridized carbons (Fsp3) is 0.909. The van der Waals surface area contributed by atoms with E-state index in [0.29, 0.717) is 13.2 Å². The van der Waals surface area contributed by atoms with E-state index in [4.69, 9.17) is 9.84 Å². The molecule has 14 heavy (non-hydrogen) atoms. The van der Waals surface area contributed by atoms with Gasteiger partial charge in [-0.3, -0.25) is 4.79 Å². The molecule has 1 N–H and O–H groups in total. The van der Waals surface area contributed by atoms with Crippen LogP contribution in [0.25, 0.3) is 0 Å². The molecular weight excluding hydrogens is 180 g/mol. The third-order valence-corrected chi connectivity index (χ3v) is 2.11. The Balaban J connectivity index is 2.88. The van der Waals surface area contributed by atoms with Gasteiger partial charge in [0.15, 0.2) is 0 Å². The summed E-state index contributed by atoms with van der Waals surface area (Å²) in [4.78, 5) is 10.4. The Morgan fingerprint density at radius 1 is 1.00 bits per heavy atom. The molecule has 0 aliphatic heterocycles. The van der Waals surface area contributed by atoms with E-state index in [1.54, 1.807) is 0 Å². The van der Waals surface area contributed by atoms with E-state index in [0.717, 1.165) is 25.7 Å². The number of esters is 1. The van der Waals surface area contributed by atoms with Crippen molar-refractivity contribution in [1.82, 2.24) is 0 Å². The van der Waals surface area contributed by atoms with E-state index in [-0.39, 0.29) is 5.97 Å². The van der Waals surface area contributed by atoms with Gasteiger partial charge in [0.2, 0.25) is 0 Å². The molecule has 84 valence electrons. The van der Waals surface area contributed by atoms with Gasteiger partial charge in [-0.25, -0.2) is 0 Å². The van der Waals surface area contributed by atoms with Gasteiger partial charge in [-0.15, -0.1) is 0 Å². The molecule has 0 saturated heterocycles.